The van der Waals surface area contributed by atoms with E-state index in [4.69, 9.17) is 4.74 Å². The Morgan fingerprint density at radius 2 is 1.90 bits per heavy atom. The Kier molecular flexibility index (Phi) is 6.71. The maximum absolute atomic E-state index is 12.9. The van der Waals surface area contributed by atoms with Crippen molar-refractivity contribution in [3.8, 4) is 0 Å². The Morgan fingerprint density at radius 3 is 2.62 bits per heavy atom. The first kappa shape index (κ1) is 20.7. The quantitative estimate of drug-likeness (QED) is 0.338. The van der Waals surface area contributed by atoms with Crippen LogP contribution in [0.2, 0.25) is 0 Å². The summed E-state index contributed by atoms with van der Waals surface area (Å²) in [6, 6.07) is 5.47. The fourth-order valence-corrected chi connectivity index (χ4v) is 4.27. The lowest BCUT2D eigenvalue weighted by atomic mass is 9.95. The Hall–Kier alpha value is -3.07. The van der Waals surface area contributed by atoms with Crippen molar-refractivity contribution in [1.29, 1.82) is 0 Å². The van der Waals surface area contributed by atoms with Crippen LogP contribution < -0.4 is 10.7 Å². The number of anilines is 1. The van der Waals surface area contributed by atoms with Crippen molar-refractivity contribution in [2.45, 2.75) is 32.6 Å². The third-order valence-electron chi connectivity index (χ3n) is 4.33. The van der Waals surface area contributed by atoms with Crippen molar-refractivity contribution in [1.82, 2.24) is 5.43 Å². The molecule has 0 fully saturated rings. The monoisotopic (exact) mass is 417 g/mol. The highest BCUT2D eigenvalue weighted by atomic mass is 32.1. The van der Waals surface area contributed by atoms with Gasteiger partial charge in [0.25, 0.3) is 0 Å². The molecule has 0 radical (unpaired) electrons. The Morgan fingerprint density at radius 1 is 1.17 bits per heavy atom. The van der Waals surface area contributed by atoms with Crippen LogP contribution >= 0.6 is 11.3 Å². The molecule has 9 heteroatoms. The van der Waals surface area contributed by atoms with Gasteiger partial charge >= 0.3 is 17.8 Å². The van der Waals surface area contributed by atoms with E-state index in [9.17, 15) is 18.8 Å². The molecule has 1 aromatic heterocycles. The van der Waals surface area contributed by atoms with Crippen LogP contribution in [0.1, 0.15) is 46.1 Å². The van der Waals surface area contributed by atoms with E-state index in [0.29, 0.717) is 16.1 Å². The molecular formula is C20H20FN3O4S. The number of rotatable bonds is 5. The van der Waals surface area contributed by atoms with Gasteiger partial charge < -0.3 is 10.1 Å². The maximum atomic E-state index is 12.9. The van der Waals surface area contributed by atoms with Crippen molar-refractivity contribution in [2.75, 3.05) is 11.9 Å². The minimum atomic E-state index is -0.982. The molecule has 0 saturated heterocycles. The number of amides is 2. The highest BCUT2D eigenvalue weighted by molar-refractivity contribution is 7.17. The lowest BCUT2D eigenvalue weighted by Gasteiger charge is -2.12. The number of aryl methyl sites for hydroxylation is 1. The Labute approximate surface area is 171 Å². The van der Waals surface area contributed by atoms with E-state index in [2.05, 4.69) is 15.8 Å². The number of hydrogen-bond acceptors (Lipinski definition) is 6. The summed E-state index contributed by atoms with van der Waals surface area (Å²) in [6.45, 7) is 1.93. The minimum absolute atomic E-state index is 0.218. The molecule has 2 N–H and O–H groups in total. The standard InChI is InChI=1S/C20H20FN3O4S/c1-2-28-20(27)16-14-5-3-4-6-15(14)29-19(16)23-17(25)18(26)24-22-11-12-7-9-13(21)10-8-12/h7-11H,2-6H2,1H3,(H,23,25)(H,24,26)/b22-11+. The van der Waals surface area contributed by atoms with E-state index in [1.54, 1.807) is 6.92 Å². The van der Waals surface area contributed by atoms with Crippen LogP contribution in [0.15, 0.2) is 29.4 Å². The normalized spacial score (nSPS) is 13.0. The molecule has 0 aliphatic heterocycles. The van der Waals surface area contributed by atoms with Gasteiger partial charge in [-0.25, -0.2) is 14.6 Å². The van der Waals surface area contributed by atoms with Crippen LogP contribution in [0.5, 0.6) is 0 Å². The van der Waals surface area contributed by atoms with Crippen LogP contribution in [0.25, 0.3) is 0 Å². The lowest BCUT2D eigenvalue weighted by molar-refractivity contribution is -0.136. The second kappa shape index (κ2) is 9.42. The third kappa shape index (κ3) is 5.05. The topological polar surface area (TPSA) is 96.9 Å². The molecule has 0 unspecified atom stereocenters. The van der Waals surface area contributed by atoms with Crippen LogP contribution in [-0.4, -0.2) is 30.6 Å². The van der Waals surface area contributed by atoms with E-state index in [1.807, 2.05) is 0 Å². The van der Waals surface area contributed by atoms with E-state index in [-0.39, 0.29) is 12.4 Å². The lowest BCUT2D eigenvalue weighted by Crippen LogP contribution is -2.32. The van der Waals surface area contributed by atoms with Gasteiger partial charge in [-0.3, -0.25) is 9.59 Å². The SMILES string of the molecule is CCOC(=O)c1c(NC(=O)C(=O)N/N=C/c2ccc(F)cc2)sc2c1CCCC2. The summed E-state index contributed by atoms with van der Waals surface area (Å²) >= 11 is 1.30. The molecule has 2 aromatic rings. The number of carbonyl (C=O) groups is 3. The van der Waals surface area contributed by atoms with Crippen molar-refractivity contribution in [3.63, 3.8) is 0 Å². The van der Waals surface area contributed by atoms with Crippen LogP contribution in [-0.2, 0) is 27.2 Å². The van der Waals surface area contributed by atoms with E-state index >= 15 is 0 Å². The van der Waals surface area contributed by atoms with E-state index in [1.165, 1.54) is 41.8 Å². The molecule has 29 heavy (non-hydrogen) atoms. The van der Waals surface area contributed by atoms with Crippen molar-refractivity contribution in [2.24, 2.45) is 5.10 Å². The number of fused-ring (bicyclic) bond motifs is 1. The molecular weight excluding hydrogens is 397 g/mol. The Balaban J connectivity index is 1.69. The van der Waals surface area contributed by atoms with E-state index < -0.39 is 17.8 Å². The number of ether oxygens (including phenoxy) is 1. The number of thiophene rings is 1. The first-order valence-corrected chi connectivity index (χ1v) is 10.0. The highest BCUT2D eigenvalue weighted by Gasteiger charge is 2.28. The number of esters is 1. The molecule has 7 nitrogen and oxygen atoms in total. The highest BCUT2D eigenvalue weighted by Crippen LogP contribution is 2.38. The third-order valence-corrected chi connectivity index (χ3v) is 5.54. The fraction of sp³-hybridized carbons (Fsp3) is 0.300. The summed E-state index contributed by atoms with van der Waals surface area (Å²) in [5, 5.41) is 6.51. The molecule has 1 heterocycles. The number of hydrazone groups is 1. The van der Waals surface area contributed by atoms with Crippen LogP contribution in [0.3, 0.4) is 0 Å². The van der Waals surface area contributed by atoms with Gasteiger partial charge in [0.15, 0.2) is 0 Å². The fourth-order valence-electron chi connectivity index (χ4n) is 3.00. The van der Waals surface area contributed by atoms with Gasteiger partial charge in [-0.05, 0) is 55.9 Å². The summed E-state index contributed by atoms with van der Waals surface area (Å²) in [5.74, 6) is -2.81. The first-order chi connectivity index (χ1) is 14.0. The zero-order chi connectivity index (χ0) is 20.8. The molecule has 0 bridgehead atoms. The van der Waals surface area contributed by atoms with Gasteiger partial charge in [0.1, 0.15) is 10.8 Å². The average molecular weight is 417 g/mol. The van der Waals surface area contributed by atoms with Crippen molar-refractivity contribution < 1.29 is 23.5 Å². The molecule has 0 spiro atoms. The second-order valence-electron chi connectivity index (χ2n) is 6.34. The number of hydrogen-bond donors (Lipinski definition) is 2. The zero-order valence-corrected chi connectivity index (χ0v) is 16.6. The van der Waals surface area contributed by atoms with Crippen molar-refractivity contribution >= 4 is 40.3 Å². The predicted octanol–water partition coefficient (Wildman–Crippen LogP) is 3.03. The zero-order valence-electron chi connectivity index (χ0n) is 15.8. The largest absolute Gasteiger partial charge is 0.462 e. The minimum Gasteiger partial charge on any atom is -0.462 e. The van der Waals surface area contributed by atoms with Gasteiger partial charge in [0.05, 0.1) is 18.4 Å². The molecule has 0 atom stereocenters. The molecule has 3 rings (SSSR count). The number of nitrogens with one attached hydrogen (secondary N) is 2. The summed E-state index contributed by atoms with van der Waals surface area (Å²) in [6.07, 6.45) is 4.84. The van der Waals surface area contributed by atoms with E-state index in [0.717, 1.165) is 36.1 Å². The number of nitrogens with zero attached hydrogens (tertiary/aromatic N) is 1. The van der Waals surface area contributed by atoms with Gasteiger partial charge in [0.2, 0.25) is 0 Å². The Bertz CT molecular complexity index is 953. The summed E-state index contributed by atoms with van der Waals surface area (Å²) < 4.78 is 18.0. The summed E-state index contributed by atoms with van der Waals surface area (Å²) in [7, 11) is 0. The van der Waals surface area contributed by atoms with Gasteiger partial charge in [-0.2, -0.15) is 5.10 Å². The summed E-state index contributed by atoms with van der Waals surface area (Å²) in [5.41, 5.74) is 3.90. The predicted molar refractivity (Wildman–Crippen MR) is 108 cm³/mol. The summed E-state index contributed by atoms with van der Waals surface area (Å²) in [4.78, 5) is 37.7. The smallest absolute Gasteiger partial charge is 0.341 e. The van der Waals surface area contributed by atoms with Gasteiger partial charge in [-0.1, -0.05) is 12.1 Å². The average Bonchev–Trinajstić information content (AvgIpc) is 3.07. The number of carbonyl (C=O) groups excluding carboxylic acids is 3. The molecule has 1 aromatic carbocycles. The molecule has 1 aliphatic carbocycles. The van der Waals surface area contributed by atoms with Gasteiger partial charge in [0, 0.05) is 4.88 Å². The molecule has 0 saturated carbocycles. The molecule has 2 amide bonds. The molecule has 152 valence electrons. The first-order valence-electron chi connectivity index (χ1n) is 9.21. The van der Waals surface area contributed by atoms with Crippen LogP contribution in [0.4, 0.5) is 9.39 Å². The van der Waals surface area contributed by atoms with Crippen LogP contribution in [0, 0.1) is 5.82 Å². The second-order valence-corrected chi connectivity index (χ2v) is 7.45. The number of benzene rings is 1. The van der Waals surface area contributed by atoms with Crippen molar-refractivity contribution in [3.05, 3.63) is 51.7 Å². The maximum Gasteiger partial charge on any atom is 0.341 e. The van der Waals surface area contributed by atoms with Gasteiger partial charge in [-0.15, -0.1) is 11.3 Å². The molecule has 1 aliphatic rings. The number of halogens is 1.